The van der Waals surface area contributed by atoms with Crippen molar-refractivity contribution in [1.82, 2.24) is 14.0 Å². The van der Waals surface area contributed by atoms with Crippen LogP contribution in [0.25, 0.3) is 33.0 Å². The van der Waals surface area contributed by atoms with Gasteiger partial charge in [0.25, 0.3) is 5.56 Å². The molecule has 6 aromatic rings. The molecule has 156 valence electrons. The van der Waals surface area contributed by atoms with Crippen molar-refractivity contribution in [2.75, 3.05) is 0 Å². The predicted molar refractivity (Wildman–Crippen MR) is 133 cm³/mol. The normalized spacial score (nSPS) is 12.5. The first-order valence-electron chi connectivity index (χ1n) is 10.7. The van der Waals surface area contributed by atoms with Crippen molar-refractivity contribution in [3.8, 4) is 0 Å². The molecule has 32 heavy (non-hydrogen) atoms. The van der Waals surface area contributed by atoms with Gasteiger partial charge in [0.05, 0.1) is 15.6 Å². The van der Waals surface area contributed by atoms with E-state index in [0.717, 1.165) is 39.2 Å². The van der Waals surface area contributed by atoms with Crippen LogP contribution in [-0.4, -0.2) is 14.0 Å². The smallest absolute Gasteiger partial charge is 0.274 e. The van der Waals surface area contributed by atoms with Gasteiger partial charge in [-0.15, -0.1) is 0 Å². The molecule has 0 radical (unpaired) electrons. The van der Waals surface area contributed by atoms with Gasteiger partial charge in [-0.2, -0.15) is 0 Å². The molecule has 0 amide bonds. The van der Waals surface area contributed by atoms with E-state index in [2.05, 4.69) is 71.9 Å². The molecule has 0 bridgehead atoms. The number of aryl methyl sites for hydroxylation is 1. The number of nitrogens with zero attached hydrogens (tertiary/aromatic N) is 3. The van der Waals surface area contributed by atoms with Crippen LogP contribution in [0.4, 0.5) is 0 Å². The zero-order valence-corrected chi connectivity index (χ0v) is 18.7. The number of aromatic nitrogens is 3. The van der Waals surface area contributed by atoms with E-state index >= 15 is 0 Å². The standard InChI is InChI=1S/C27H21N3OS/c1-17-11-13-19(14-12-17)16-29-18(2)21(20-7-3-5-9-23(20)29)15-25-26(31)30-24-10-6-4-8-22(24)28-27(30)32-25/h3-15H,16H2,1-2H3/b25-15-. The minimum atomic E-state index is -0.00605. The maximum absolute atomic E-state index is 13.3. The highest BCUT2D eigenvalue weighted by molar-refractivity contribution is 7.15. The Bertz CT molecular complexity index is 1740. The second kappa shape index (κ2) is 7.18. The molecule has 3 heterocycles. The minimum absolute atomic E-state index is 0.00605. The Morgan fingerprint density at radius 1 is 0.906 bits per heavy atom. The quantitative estimate of drug-likeness (QED) is 0.389. The van der Waals surface area contributed by atoms with Gasteiger partial charge in [0.1, 0.15) is 0 Å². The van der Waals surface area contributed by atoms with E-state index in [1.807, 2.05) is 30.3 Å². The van der Waals surface area contributed by atoms with Gasteiger partial charge in [0.2, 0.25) is 0 Å². The molecule has 3 aromatic carbocycles. The Balaban J connectivity index is 1.56. The second-order valence-electron chi connectivity index (χ2n) is 8.22. The molecule has 0 spiro atoms. The number of hydrogen-bond acceptors (Lipinski definition) is 3. The molecule has 3 aromatic heterocycles. The van der Waals surface area contributed by atoms with Gasteiger partial charge in [-0.05, 0) is 43.7 Å². The summed E-state index contributed by atoms with van der Waals surface area (Å²) < 4.78 is 4.77. The first kappa shape index (κ1) is 19.0. The Morgan fingerprint density at radius 3 is 2.44 bits per heavy atom. The van der Waals surface area contributed by atoms with Crippen LogP contribution in [0.15, 0.2) is 77.6 Å². The zero-order valence-electron chi connectivity index (χ0n) is 17.9. The number of hydrogen-bond donors (Lipinski definition) is 0. The highest BCUT2D eigenvalue weighted by atomic mass is 32.1. The summed E-state index contributed by atoms with van der Waals surface area (Å²) in [6.07, 6.45) is 2.04. The fourth-order valence-corrected chi connectivity index (χ4v) is 5.43. The molecule has 0 aliphatic heterocycles. The number of para-hydroxylation sites is 3. The van der Waals surface area contributed by atoms with E-state index in [-0.39, 0.29) is 5.56 Å². The van der Waals surface area contributed by atoms with Gasteiger partial charge < -0.3 is 4.57 Å². The van der Waals surface area contributed by atoms with Crippen LogP contribution in [-0.2, 0) is 6.54 Å². The molecular weight excluding hydrogens is 414 g/mol. The Hall–Kier alpha value is -3.70. The first-order valence-corrected chi connectivity index (χ1v) is 11.5. The van der Waals surface area contributed by atoms with Crippen molar-refractivity contribution in [2.24, 2.45) is 0 Å². The third-order valence-electron chi connectivity index (χ3n) is 6.16. The zero-order chi connectivity index (χ0) is 21.8. The summed E-state index contributed by atoms with van der Waals surface area (Å²) in [5.41, 5.74) is 7.66. The summed E-state index contributed by atoms with van der Waals surface area (Å²) >= 11 is 1.45. The molecule has 0 saturated carbocycles. The van der Waals surface area contributed by atoms with Crippen LogP contribution in [0.1, 0.15) is 22.4 Å². The molecule has 6 rings (SSSR count). The summed E-state index contributed by atoms with van der Waals surface area (Å²) in [7, 11) is 0. The lowest BCUT2D eigenvalue weighted by Gasteiger charge is -2.09. The third-order valence-corrected chi connectivity index (χ3v) is 7.13. The van der Waals surface area contributed by atoms with Gasteiger partial charge in [0, 0.05) is 28.7 Å². The lowest BCUT2D eigenvalue weighted by molar-refractivity contribution is 0.803. The fourth-order valence-electron chi connectivity index (χ4n) is 4.46. The predicted octanol–water partition coefficient (Wildman–Crippen LogP) is 5.08. The van der Waals surface area contributed by atoms with Gasteiger partial charge >= 0.3 is 0 Å². The number of fused-ring (bicyclic) bond motifs is 4. The third kappa shape index (κ3) is 2.89. The van der Waals surface area contributed by atoms with E-state index in [1.165, 1.54) is 28.0 Å². The van der Waals surface area contributed by atoms with E-state index in [9.17, 15) is 4.79 Å². The van der Waals surface area contributed by atoms with Gasteiger partial charge in [-0.1, -0.05) is 71.5 Å². The maximum atomic E-state index is 13.3. The Labute approximate surface area is 188 Å². The summed E-state index contributed by atoms with van der Waals surface area (Å²) in [4.78, 5) is 18.7. The van der Waals surface area contributed by atoms with Crippen LogP contribution >= 0.6 is 11.3 Å². The van der Waals surface area contributed by atoms with Crippen LogP contribution in [0.2, 0.25) is 0 Å². The fraction of sp³-hybridized carbons (Fsp3) is 0.111. The monoisotopic (exact) mass is 435 g/mol. The Morgan fingerprint density at radius 2 is 1.62 bits per heavy atom. The van der Waals surface area contributed by atoms with Crippen molar-refractivity contribution < 1.29 is 0 Å². The largest absolute Gasteiger partial charge is 0.340 e. The van der Waals surface area contributed by atoms with Gasteiger partial charge in [-0.25, -0.2) is 9.38 Å². The molecule has 5 heteroatoms. The van der Waals surface area contributed by atoms with Gasteiger partial charge in [0.15, 0.2) is 4.96 Å². The van der Waals surface area contributed by atoms with Gasteiger partial charge in [-0.3, -0.25) is 4.79 Å². The van der Waals surface area contributed by atoms with Crippen molar-refractivity contribution in [3.05, 3.63) is 110 Å². The van der Waals surface area contributed by atoms with Crippen molar-refractivity contribution >= 4 is 44.3 Å². The average Bonchev–Trinajstić information content (AvgIpc) is 3.41. The summed E-state index contributed by atoms with van der Waals surface area (Å²) in [6.45, 7) is 5.04. The molecule has 0 aliphatic carbocycles. The van der Waals surface area contributed by atoms with Crippen LogP contribution in [0.5, 0.6) is 0 Å². The minimum Gasteiger partial charge on any atom is -0.340 e. The van der Waals surface area contributed by atoms with E-state index in [0.29, 0.717) is 4.53 Å². The SMILES string of the molecule is Cc1ccc(Cn2c(C)c(/C=c3\sc4nc5ccccc5n4c3=O)c3ccccc32)cc1. The number of rotatable bonds is 3. The Kier molecular flexibility index (Phi) is 4.26. The highest BCUT2D eigenvalue weighted by Crippen LogP contribution is 2.28. The molecular formula is C27H21N3OS. The van der Waals surface area contributed by atoms with E-state index in [4.69, 9.17) is 0 Å². The average molecular weight is 436 g/mol. The topological polar surface area (TPSA) is 39.3 Å². The molecule has 0 atom stereocenters. The van der Waals surface area contributed by atoms with E-state index in [1.54, 1.807) is 4.40 Å². The van der Waals surface area contributed by atoms with Crippen LogP contribution in [0, 0.1) is 13.8 Å². The first-order chi connectivity index (χ1) is 15.6. The van der Waals surface area contributed by atoms with Crippen molar-refractivity contribution in [1.29, 1.82) is 0 Å². The summed E-state index contributed by atoms with van der Waals surface area (Å²) in [6, 6.07) is 24.9. The molecule has 0 unspecified atom stereocenters. The second-order valence-corrected chi connectivity index (χ2v) is 9.23. The lowest BCUT2D eigenvalue weighted by Crippen LogP contribution is -2.22. The summed E-state index contributed by atoms with van der Waals surface area (Å²) in [5, 5.41) is 1.16. The molecule has 0 aliphatic rings. The summed E-state index contributed by atoms with van der Waals surface area (Å²) in [5.74, 6) is 0. The number of thiazole rings is 1. The lowest BCUT2D eigenvalue weighted by atomic mass is 10.1. The van der Waals surface area contributed by atoms with E-state index < -0.39 is 0 Å². The molecule has 0 fully saturated rings. The maximum Gasteiger partial charge on any atom is 0.274 e. The molecule has 0 N–H and O–H groups in total. The van der Waals surface area contributed by atoms with Crippen LogP contribution < -0.4 is 10.1 Å². The van der Waals surface area contributed by atoms with Crippen LogP contribution in [0.3, 0.4) is 0 Å². The highest BCUT2D eigenvalue weighted by Gasteiger charge is 2.15. The molecule has 4 nitrogen and oxygen atoms in total. The molecule has 0 saturated heterocycles. The van der Waals surface area contributed by atoms with Crippen molar-refractivity contribution in [2.45, 2.75) is 20.4 Å². The number of imidazole rings is 1. The number of benzene rings is 3. The van der Waals surface area contributed by atoms with Crippen molar-refractivity contribution in [3.63, 3.8) is 0 Å².